The molecule has 0 spiro atoms. The van der Waals surface area contributed by atoms with Gasteiger partial charge in [-0.25, -0.2) is 0 Å². The summed E-state index contributed by atoms with van der Waals surface area (Å²) in [5.41, 5.74) is 1.43. The van der Waals surface area contributed by atoms with E-state index in [1.807, 2.05) is 19.9 Å². The second kappa shape index (κ2) is 9.93. The molecule has 0 radical (unpaired) electrons. The minimum Gasteiger partial charge on any atom is -0.496 e. The van der Waals surface area contributed by atoms with Crippen molar-refractivity contribution in [2.24, 2.45) is 5.92 Å². The third-order valence-corrected chi connectivity index (χ3v) is 3.78. The van der Waals surface area contributed by atoms with E-state index < -0.39 is 11.9 Å². The fraction of sp³-hybridized carbons (Fsp3) is 0.556. The van der Waals surface area contributed by atoms with Crippen LogP contribution in [0.2, 0.25) is 0 Å². The number of carbonyl (C=O) groups excluding carboxylic acids is 1. The first-order valence-electron chi connectivity index (χ1n) is 8.15. The molecule has 0 aromatic heterocycles. The molecule has 1 unspecified atom stereocenters. The molecule has 0 saturated carbocycles. The van der Waals surface area contributed by atoms with Gasteiger partial charge in [0.15, 0.2) is 0 Å². The molecule has 1 N–H and O–H groups in total. The Hall–Kier alpha value is -2.08. The molecule has 0 saturated heterocycles. The molecule has 1 atom stereocenters. The number of hydrogen-bond donors (Lipinski definition) is 1. The predicted molar refractivity (Wildman–Crippen MR) is 91.5 cm³/mol. The van der Waals surface area contributed by atoms with Gasteiger partial charge in [0.2, 0.25) is 0 Å². The number of benzene rings is 1. The van der Waals surface area contributed by atoms with E-state index >= 15 is 0 Å². The summed E-state index contributed by atoms with van der Waals surface area (Å²) in [4.78, 5) is 25.5. The van der Waals surface area contributed by atoms with Crippen LogP contribution in [0.3, 0.4) is 0 Å². The zero-order valence-electron chi connectivity index (χ0n) is 14.9. The number of carbonyl (C=O) groups is 2. The van der Waals surface area contributed by atoms with Crippen LogP contribution < -0.4 is 4.74 Å². The normalized spacial score (nSPS) is 11.8. The molecular weight excluding hydrogens is 310 g/mol. The second-order valence-corrected chi connectivity index (χ2v) is 5.73. The van der Waals surface area contributed by atoms with Crippen LogP contribution in [-0.4, -0.2) is 55.3 Å². The minimum atomic E-state index is -0.918. The van der Waals surface area contributed by atoms with Crippen molar-refractivity contribution in [1.82, 2.24) is 4.90 Å². The molecule has 0 aliphatic heterocycles. The summed E-state index contributed by atoms with van der Waals surface area (Å²) in [5.74, 6) is -1.10. The maximum atomic E-state index is 12.8. The molecule has 0 fully saturated rings. The van der Waals surface area contributed by atoms with Crippen molar-refractivity contribution in [2.45, 2.75) is 27.2 Å². The van der Waals surface area contributed by atoms with Crippen LogP contribution in [0.4, 0.5) is 0 Å². The van der Waals surface area contributed by atoms with Gasteiger partial charge in [0.25, 0.3) is 5.91 Å². The number of carboxylic acid groups (broad SMARTS) is 1. The van der Waals surface area contributed by atoms with Crippen LogP contribution in [0.15, 0.2) is 18.2 Å². The van der Waals surface area contributed by atoms with Crippen molar-refractivity contribution >= 4 is 11.9 Å². The van der Waals surface area contributed by atoms with Gasteiger partial charge in [-0.3, -0.25) is 9.59 Å². The highest BCUT2D eigenvalue weighted by atomic mass is 16.5. The minimum absolute atomic E-state index is 0.163. The van der Waals surface area contributed by atoms with Crippen LogP contribution in [0, 0.1) is 12.8 Å². The Bertz CT molecular complexity index is 558. The van der Waals surface area contributed by atoms with Gasteiger partial charge < -0.3 is 19.5 Å². The second-order valence-electron chi connectivity index (χ2n) is 5.73. The molecule has 0 aliphatic carbocycles. The van der Waals surface area contributed by atoms with Gasteiger partial charge in [-0.05, 0) is 38.0 Å². The van der Waals surface area contributed by atoms with Crippen LogP contribution >= 0.6 is 0 Å². The number of aliphatic carboxylic acids is 1. The van der Waals surface area contributed by atoms with Gasteiger partial charge in [-0.2, -0.15) is 0 Å². The summed E-state index contributed by atoms with van der Waals surface area (Å²) >= 11 is 0. The Labute approximate surface area is 143 Å². The quantitative estimate of drug-likeness (QED) is 0.664. The third-order valence-electron chi connectivity index (χ3n) is 3.78. The van der Waals surface area contributed by atoms with Gasteiger partial charge in [-0.15, -0.1) is 0 Å². The van der Waals surface area contributed by atoms with E-state index in [1.54, 1.807) is 31.1 Å². The Kier molecular flexibility index (Phi) is 8.26. The molecule has 134 valence electrons. The molecule has 6 heteroatoms. The number of rotatable bonds is 10. The van der Waals surface area contributed by atoms with Crippen LogP contribution in [0.25, 0.3) is 0 Å². The van der Waals surface area contributed by atoms with E-state index in [9.17, 15) is 9.59 Å². The average Bonchev–Trinajstić information content (AvgIpc) is 2.57. The van der Waals surface area contributed by atoms with Crippen molar-refractivity contribution < 1.29 is 24.2 Å². The lowest BCUT2D eigenvalue weighted by atomic mass is 10.1. The first-order valence-corrected chi connectivity index (χ1v) is 8.15. The molecule has 1 aromatic carbocycles. The summed E-state index contributed by atoms with van der Waals surface area (Å²) in [5, 5.41) is 9.13. The Morgan fingerprint density at radius 1 is 1.33 bits per heavy atom. The SMILES string of the molecule is CCOCCCN(CC(C)C(=O)O)C(=O)c1ccc(C)c(OC)c1. The average molecular weight is 337 g/mol. The topological polar surface area (TPSA) is 76.1 Å². The first kappa shape index (κ1) is 20.0. The van der Waals surface area contributed by atoms with Crippen molar-refractivity contribution in [1.29, 1.82) is 0 Å². The van der Waals surface area contributed by atoms with E-state index in [1.165, 1.54) is 0 Å². The summed E-state index contributed by atoms with van der Waals surface area (Å²) in [6.45, 7) is 7.19. The fourth-order valence-corrected chi connectivity index (χ4v) is 2.32. The molecule has 0 bridgehead atoms. The number of ether oxygens (including phenoxy) is 2. The molecule has 1 rings (SSSR count). The van der Waals surface area contributed by atoms with Crippen molar-refractivity contribution in [3.8, 4) is 5.75 Å². The Balaban J connectivity index is 2.90. The highest BCUT2D eigenvalue weighted by Gasteiger charge is 2.22. The summed E-state index contributed by atoms with van der Waals surface area (Å²) in [7, 11) is 1.56. The third kappa shape index (κ3) is 5.85. The largest absolute Gasteiger partial charge is 0.496 e. The van der Waals surface area contributed by atoms with Crippen LogP contribution in [-0.2, 0) is 9.53 Å². The van der Waals surface area contributed by atoms with Crippen molar-refractivity contribution in [3.05, 3.63) is 29.3 Å². The van der Waals surface area contributed by atoms with Crippen molar-refractivity contribution in [2.75, 3.05) is 33.4 Å². The summed E-state index contributed by atoms with van der Waals surface area (Å²) in [6.07, 6.45) is 0.662. The van der Waals surface area contributed by atoms with E-state index in [2.05, 4.69) is 0 Å². The van der Waals surface area contributed by atoms with Gasteiger partial charge in [0, 0.05) is 31.9 Å². The van der Waals surface area contributed by atoms with E-state index in [0.717, 1.165) is 5.56 Å². The lowest BCUT2D eigenvalue weighted by Crippen LogP contribution is -2.38. The van der Waals surface area contributed by atoms with Gasteiger partial charge >= 0.3 is 5.97 Å². The predicted octanol–water partition coefficient (Wildman–Crippen LogP) is 2.59. The van der Waals surface area contributed by atoms with Gasteiger partial charge in [0.05, 0.1) is 13.0 Å². The molecule has 1 aromatic rings. The number of aryl methyl sites for hydroxylation is 1. The lowest BCUT2D eigenvalue weighted by Gasteiger charge is -2.25. The Morgan fingerprint density at radius 3 is 2.62 bits per heavy atom. The molecule has 1 amide bonds. The standard InChI is InChI=1S/C18H27NO5/c1-5-24-10-6-9-19(12-14(3)18(21)22)17(20)15-8-7-13(2)16(11-15)23-4/h7-8,11,14H,5-6,9-10,12H2,1-4H3,(H,21,22). The number of hydrogen-bond acceptors (Lipinski definition) is 4. The van der Waals surface area contributed by atoms with Crippen molar-refractivity contribution in [3.63, 3.8) is 0 Å². The van der Waals surface area contributed by atoms with E-state index in [4.69, 9.17) is 14.6 Å². The molecule has 6 nitrogen and oxygen atoms in total. The number of carboxylic acids is 1. The van der Waals surface area contributed by atoms with Gasteiger partial charge in [-0.1, -0.05) is 13.0 Å². The molecule has 24 heavy (non-hydrogen) atoms. The highest BCUT2D eigenvalue weighted by Crippen LogP contribution is 2.20. The van der Waals surface area contributed by atoms with Crippen LogP contribution in [0.5, 0.6) is 5.75 Å². The molecule has 0 aliphatic rings. The molecular formula is C18H27NO5. The smallest absolute Gasteiger partial charge is 0.308 e. The van der Waals surface area contributed by atoms with E-state index in [0.29, 0.717) is 37.5 Å². The van der Waals surface area contributed by atoms with Crippen LogP contribution in [0.1, 0.15) is 36.2 Å². The zero-order chi connectivity index (χ0) is 18.1. The molecule has 0 heterocycles. The number of nitrogens with zero attached hydrogens (tertiary/aromatic N) is 1. The lowest BCUT2D eigenvalue weighted by molar-refractivity contribution is -0.141. The summed E-state index contributed by atoms with van der Waals surface area (Å²) in [6, 6.07) is 5.25. The Morgan fingerprint density at radius 2 is 2.04 bits per heavy atom. The maximum absolute atomic E-state index is 12.8. The number of amides is 1. The van der Waals surface area contributed by atoms with Gasteiger partial charge in [0.1, 0.15) is 5.75 Å². The zero-order valence-corrected chi connectivity index (χ0v) is 14.9. The fourth-order valence-electron chi connectivity index (χ4n) is 2.32. The summed E-state index contributed by atoms with van der Waals surface area (Å²) < 4.78 is 10.6. The first-order chi connectivity index (χ1) is 11.4. The highest BCUT2D eigenvalue weighted by molar-refractivity contribution is 5.95. The number of methoxy groups -OCH3 is 1. The van der Waals surface area contributed by atoms with E-state index in [-0.39, 0.29) is 12.5 Å². The monoisotopic (exact) mass is 337 g/mol. The maximum Gasteiger partial charge on any atom is 0.308 e.